The van der Waals surface area contributed by atoms with Gasteiger partial charge in [0.1, 0.15) is 5.84 Å². The molecule has 0 atom stereocenters. The number of hydrogen-bond donors (Lipinski definition) is 5. The normalized spacial score (nSPS) is 10.9. The van der Waals surface area contributed by atoms with Gasteiger partial charge in [-0.15, -0.1) is 0 Å². The first-order valence-electron chi connectivity index (χ1n) is 9.46. The summed E-state index contributed by atoms with van der Waals surface area (Å²) in [5, 5.41) is 10.9. The van der Waals surface area contributed by atoms with E-state index in [-0.39, 0.29) is 11.8 Å². The van der Waals surface area contributed by atoms with E-state index < -0.39 is 0 Å². The van der Waals surface area contributed by atoms with E-state index in [4.69, 9.17) is 22.6 Å². The summed E-state index contributed by atoms with van der Waals surface area (Å²) >= 11 is 0. The third kappa shape index (κ3) is 11.3. The van der Waals surface area contributed by atoms with E-state index in [2.05, 4.69) is 22.5 Å². The van der Waals surface area contributed by atoms with Gasteiger partial charge in [0.25, 0.3) is 0 Å². The Hall–Kier alpha value is -2.34. The second kappa shape index (κ2) is 13.9. The van der Waals surface area contributed by atoms with Crippen molar-refractivity contribution in [2.24, 2.45) is 22.2 Å². The number of amidine groups is 1. The Morgan fingerprint density at radius 1 is 0.923 bits per heavy atom. The lowest BCUT2D eigenvalue weighted by atomic mass is 10.1. The third-order valence-corrected chi connectivity index (χ3v) is 4.06. The molecule has 0 unspecified atom stereocenters. The fourth-order valence-corrected chi connectivity index (χ4v) is 2.56. The predicted octanol–water partition coefficient (Wildman–Crippen LogP) is 2.58. The van der Waals surface area contributed by atoms with Gasteiger partial charge in [-0.25, -0.2) is 0 Å². The van der Waals surface area contributed by atoms with Crippen LogP contribution in [0.5, 0.6) is 0 Å². The average Bonchev–Trinajstić information content (AvgIpc) is 2.62. The second-order valence-electron chi connectivity index (χ2n) is 6.40. The van der Waals surface area contributed by atoms with Crippen LogP contribution in [0.3, 0.4) is 0 Å². The largest absolute Gasteiger partial charge is 0.384 e. The SMILES string of the molecule is N=C(N)c1ccc(/C=C\CCCNCCCCCCCN=C(N)N)cc1. The molecule has 144 valence electrons. The third-order valence-electron chi connectivity index (χ3n) is 4.06. The lowest BCUT2D eigenvalue weighted by molar-refractivity contribution is 0.571. The topological polar surface area (TPSA) is 126 Å². The van der Waals surface area contributed by atoms with E-state index in [1.165, 1.54) is 25.7 Å². The summed E-state index contributed by atoms with van der Waals surface area (Å²) in [5.41, 5.74) is 17.9. The zero-order valence-corrected chi connectivity index (χ0v) is 15.7. The minimum atomic E-state index is 0.109. The molecule has 8 N–H and O–H groups in total. The van der Waals surface area contributed by atoms with Crippen molar-refractivity contribution in [2.45, 2.75) is 44.9 Å². The van der Waals surface area contributed by atoms with Gasteiger partial charge in [0, 0.05) is 12.1 Å². The molecule has 1 rings (SSSR count). The van der Waals surface area contributed by atoms with E-state index in [1.807, 2.05) is 24.3 Å². The zero-order chi connectivity index (χ0) is 19.0. The molecule has 0 fully saturated rings. The number of hydrogen-bond acceptors (Lipinski definition) is 3. The average molecular weight is 359 g/mol. The van der Waals surface area contributed by atoms with Gasteiger partial charge in [0.15, 0.2) is 5.96 Å². The first kappa shape index (κ1) is 21.7. The highest BCUT2D eigenvalue weighted by atomic mass is 15.0. The van der Waals surface area contributed by atoms with Crippen LogP contribution >= 0.6 is 0 Å². The highest BCUT2D eigenvalue weighted by Gasteiger charge is 1.95. The van der Waals surface area contributed by atoms with Crippen LogP contribution in [0.15, 0.2) is 35.3 Å². The van der Waals surface area contributed by atoms with E-state index in [0.29, 0.717) is 0 Å². The van der Waals surface area contributed by atoms with Gasteiger partial charge in [-0.05, 0) is 44.3 Å². The number of allylic oxidation sites excluding steroid dienone is 1. The number of nitrogens with one attached hydrogen (secondary N) is 2. The summed E-state index contributed by atoms with van der Waals surface area (Å²) in [6.45, 7) is 2.89. The van der Waals surface area contributed by atoms with E-state index in [1.54, 1.807) is 0 Å². The van der Waals surface area contributed by atoms with E-state index in [0.717, 1.165) is 50.0 Å². The lowest BCUT2D eigenvalue weighted by Gasteiger charge is -2.04. The summed E-state index contributed by atoms with van der Waals surface area (Å²) in [7, 11) is 0. The molecule has 0 radical (unpaired) electrons. The Balaban J connectivity index is 1.93. The van der Waals surface area contributed by atoms with Crippen LogP contribution in [-0.2, 0) is 0 Å². The van der Waals surface area contributed by atoms with Crippen LogP contribution in [0.4, 0.5) is 0 Å². The molecule has 6 heteroatoms. The van der Waals surface area contributed by atoms with E-state index >= 15 is 0 Å². The number of nitrogen functional groups attached to an aromatic ring is 1. The van der Waals surface area contributed by atoms with Gasteiger partial charge in [-0.1, -0.05) is 55.7 Å². The Bertz CT molecular complexity index is 558. The molecule has 0 bridgehead atoms. The van der Waals surface area contributed by atoms with Crippen LogP contribution < -0.4 is 22.5 Å². The first-order chi connectivity index (χ1) is 12.6. The molecule has 26 heavy (non-hydrogen) atoms. The molecule has 0 aliphatic heterocycles. The highest BCUT2D eigenvalue weighted by Crippen LogP contribution is 2.07. The van der Waals surface area contributed by atoms with Crippen molar-refractivity contribution >= 4 is 17.9 Å². The molecule has 0 aliphatic rings. The molecule has 1 aromatic rings. The monoisotopic (exact) mass is 358 g/mol. The van der Waals surface area contributed by atoms with Gasteiger partial charge in [0.2, 0.25) is 0 Å². The second-order valence-corrected chi connectivity index (χ2v) is 6.40. The minimum Gasteiger partial charge on any atom is -0.384 e. The van der Waals surface area contributed by atoms with Gasteiger partial charge >= 0.3 is 0 Å². The Morgan fingerprint density at radius 2 is 1.58 bits per heavy atom. The Morgan fingerprint density at radius 3 is 2.27 bits per heavy atom. The number of aliphatic imine (C=N–C) groups is 1. The number of unbranched alkanes of at least 4 members (excludes halogenated alkanes) is 5. The highest BCUT2D eigenvalue weighted by molar-refractivity contribution is 5.95. The predicted molar refractivity (Wildman–Crippen MR) is 112 cm³/mol. The minimum absolute atomic E-state index is 0.109. The van der Waals surface area contributed by atoms with Gasteiger partial charge < -0.3 is 22.5 Å². The van der Waals surface area contributed by atoms with Gasteiger partial charge in [-0.2, -0.15) is 0 Å². The van der Waals surface area contributed by atoms with Crippen LogP contribution in [0, 0.1) is 5.41 Å². The molecule has 0 aliphatic carbocycles. The summed E-state index contributed by atoms with van der Waals surface area (Å²) < 4.78 is 0. The maximum atomic E-state index is 7.37. The quantitative estimate of drug-likeness (QED) is 0.199. The van der Waals surface area contributed by atoms with Crippen molar-refractivity contribution in [3.05, 3.63) is 41.5 Å². The maximum absolute atomic E-state index is 7.37. The molecule has 6 nitrogen and oxygen atoms in total. The van der Waals surface area contributed by atoms with E-state index in [9.17, 15) is 0 Å². The molecule has 0 saturated heterocycles. The molecular weight excluding hydrogens is 324 g/mol. The van der Waals surface area contributed by atoms with Crippen LogP contribution in [0.25, 0.3) is 6.08 Å². The molecular formula is C20H34N6. The van der Waals surface area contributed by atoms with Crippen LogP contribution in [0.2, 0.25) is 0 Å². The van der Waals surface area contributed by atoms with Gasteiger partial charge in [0.05, 0.1) is 0 Å². The van der Waals surface area contributed by atoms with Crippen molar-refractivity contribution in [1.82, 2.24) is 5.32 Å². The number of nitrogens with two attached hydrogens (primary N) is 3. The number of nitrogens with zero attached hydrogens (tertiary/aromatic N) is 1. The molecule has 0 saturated carbocycles. The molecule has 0 amide bonds. The zero-order valence-electron chi connectivity index (χ0n) is 15.7. The summed E-state index contributed by atoms with van der Waals surface area (Å²) in [6.07, 6.45) is 12.5. The number of guanidine groups is 1. The lowest BCUT2D eigenvalue weighted by Crippen LogP contribution is -2.22. The summed E-state index contributed by atoms with van der Waals surface area (Å²) in [5.74, 6) is 0.299. The standard InChI is InChI=1S/C20H34N6/c21-19(22)18-12-10-17(11-13-18)9-5-4-7-15-25-14-6-2-1-3-8-16-26-20(23)24/h5,9-13,25H,1-4,6-8,14-16H2,(H3,21,22)(H4,23,24,26)/b9-5-. The maximum Gasteiger partial charge on any atom is 0.185 e. The molecule has 1 aromatic carbocycles. The number of rotatable bonds is 14. The van der Waals surface area contributed by atoms with Crippen molar-refractivity contribution in [1.29, 1.82) is 5.41 Å². The molecule has 0 heterocycles. The van der Waals surface area contributed by atoms with Crippen molar-refractivity contribution in [3.63, 3.8) is 0 Å². The van der Waals surface area contributed by atoms with Crippen LogP contribution in [-0.4, -0.2) is 31.4 Å². The Kier molecular flexibility index (Phi) is 11.6. The van der Waals surface area contributed by atoms with Crippen molar-refractivity contribution in [2.75, 3.05) is 19.6 Å². The molecule has 0 spiro atoms. The van der Waals surface area contributed by atoms with Crippen LogP contribution in [0.1, 0.15) is 56.1 Å². The van der Waals surface area contributed by atoms with Crippen molar-refractivity contribution in [3.8, 4) is 0 Å². The van der Waals surface area contributed by atoms with Gasteiger partial charge in [-0.3, -0.25) is 10.4 Å². The number of benzene rings is 1. The summed E-state index contributed by atoms with van der Waals surface area (Å²) in [4.78, 5) is 3.98. The molecule has 0 aromatic heterocycles. The summed E-state index contributed by atoms with van der Waals surface area (Å²) in [6, 6.07) is 7.74. The smallest absolute Gasteiger partial charge is 0.185 e. The fraction of sp³-hybridized carbons (Fsp3) is 0.500. The first-order valence-corrected chi connectivity index (χ1v) is 9.46. The fourth-order valence-electron chi connectivity index (χ4n) is 2.56. The van der Waals surface area contributed by atoms with Crippen molar-refractivity contribution < 1.29 is 0 Å². The Labute approximate surface area is 157 Å².